The van der Waals surface area contributed by atoms with Gasteiger partial charge in [-0.2, -0.15) is 0 Å². The van der Waals surface area contributed by atoms with Gasteiger partial charge in [-0.15, -0.1) is 0 Å². The SMILES string of the molecule is Nc1ccc(N2C3CCC2CC(O)C3)nc1. The van der Waals surface area contributed by atoms with Crippen molar-refractivity contribution in [3.63, 3.8) is 0 Å². The molecule has 2 fully saturated rings. The van der Waals surface area contributed by atoms with E-state index in [9.17, 15) is 5.11 Å². The minimum absolute atomic E-state index is 0.123. The predicted octanol–water partition coefficient (Wildman–Crippen LogP) is 1.16. The molecule has 4 heteroatoms. The first-order valence-electron chi connectivity index (χ1n) is 5.92. The molecule has 16 heavy (non-hydrogen) atoms. The summed E-state index contributed by atoms with van der Waals surface area (Å²) in [7, 11) is 0. The number of aromatic nitrogens is 1. The van der Waals surface area contributed by atoms with Crippen LogP contribution in [-0.2, 0) is 0 Å². The monoisotopic (exact) mass is 219 g/mol. The Morgan fingerprint density at radius 1 is 1.25 bits per heavy atom. The van der Waals surface area contributed by atoms with Gasteiger partial charge in [-0.1, -0.05) is 0 Å². The fourth-order valence-electron chi connectivity index (χ4n) is 3.07. The first kappa shape index (κ1) is 9.90. The van der Waals surface area contributed by atoms with E-state index in [4.69, 9.17) is 5.73 Å². The number of hydrogen-bond donors (Lipinski definition) is 2. The molecule has 2 bridgehead atoms. The van der Waals surface area contributed by atoms with Gasteiger partial charge >= 0.3 is 0 Å². The standard InChI is InChI=1S/C12H17N3O/c13-8-1-4-12(14-7-8)15-9-2-3-10(15)6-11(16)5-9/h1,4,7,9-11,16H,2-3,5-6,13H2. The van der Waals surface area contributed by atoms with Gasteiger partial charge in [-0.25, -0.2) is 4.98 Å². The molecule has 2 unspecified atom stereocenters. The quantitative estimate of drug-likeness (QED) is 0.744. The van der Waals surface area contributed by atoms with Crippen LogP contribution in [0.5, 0.6) is 0 Å². The van der Waals surface area contributed by atoms with E-state index in [1.807, 2.05) is 12.1 Å². The molecular formula is C12H17N3O. The van der Waals surface area contributed by atoms with Crippen LogP contribution in [0.3, 0.4) is 0 Å². The Labute approximate surface area is 95.1 Å². The summed E-state index contributed by atoms with van der Waals surface area (Å²) in [6, 6.07) is 4.81. The van der Waals surface area contributed by atoms with E-state index in [1.165, 1.54) is 12.8 Å². The van der Waals surface area contributed by atoms with E-state index in [-0.39, 0.29) is 6.10 Å². The van der Waals surface area contributed by atoms with E-state index < -0.39 is 0 Å². The zero-order chi connectivity index (χ0) is 11.1. The second kappa shape index (κ2) is 3.63. The van der Waals surface area contributed by atoms with Crippen LogP contribution in [0.4, 0.5) is 11.5 Å². The Morgan fingerprint density at radius 2 is 1.94 bits per heavy atom. The molecule has 0 aliphatic carbocycles. The summed E-state index contributed by atoms with van der Waals surface area (Å²) in [5.74, 6) is 1.01. The van der Waals surface area contributed by atoms with Gasteiger partial charge in [-0.3, -0.25) is 0 Å². The van der Waals surface area contributed by atoms with Crippen molar-refractivity contribution in [3.05, 3.63) is 18.3 Å². The van der Waals surface area contributed by atoms with Crippen LogP contribution in [0.15, 0.2) is 18.3 Å². The summed E-state index contributed by atoms with van der Waals surface area (Å²) in [5.41, 5.74) is 6.34. The zero-order valence-corrected chi connectivity index (χ0v) is 9.21. The third-order valence-electron chi connectivity index (χ3n) is 3.74. The molecule has 3 heterocycles. The highest BCUT2D eigenvalue weighted by molar-refractivity contribution is 5.48. The van der Waals surface area contributed by atoms with Gasteiger partial charge in [0.2, 0.25) is 0 Å². The van der Waals surface area contributed by atoms with Gasteiger partial charge in [0.25, 0.3) is 0 Å². The Hall–Kier alpha value is -1.29. The molecule has 0 radical (unpaired) electrons. The minimum Gasteiger partial charge on any atom is -0.397 e. The fourth-order valence-corrected chi connectivity index (χ4v) is 3.07. The minimum atomic E-state index is -0.123. The molecule has 0 saturated carbocycles. The molecule has 2 atom stereocenters. The number of aliphatic hydroxyl groups excluding tert-OH is 1. The number of hydrogen-bond acceptors (Lipinski definition) is 4. The second-order valence-electron chi connectivity index (χ2n) is 4.87. The van der Waals surface area contributed by atoms with E-state index in [2.05, 4.69) is 9.88 Å². The summed E-state index contributed by atoms with van der Waals surface area (Å²) >= 11 is 0. The molecular weight excluding hydrogens is 202 g/mol. The highest BCUT2D eigenvalue weighted by Gasteiger charge is 2.40. The molecule has 86 valence electrons. The lowest BCUT2D eigenvalue weighted by molar-refractivity contribution is 0.126. The number of nitrogens with zero attached hydrogens (tertiary/aromatic N) is 2. The zero-order valence-electron chi connectivity index (χ0n) is 9.21. The smallest absolute Gasteiger partial charge is 0.129 e. The molecule has 0 spiro atoms. The van der Waals surface area contributed by atoms with Gasteiger partial charge < -0.3 is 15.7 Å². The topological polar surface area (TPSA) is 62.4 Å². The van der Waals surface area contributed by atoms with E-state index in [1.54, 1.807) is 6.20 Å². The van der Waals surface area contributed by atoms with E-state index in [0.29, 0.717) is 17.8 Å². The number of rotatable bonds is 1. The number of nitrogen functional groups attached to an aromatic ring is 1. The van der Waals surface area contributed by atoms with Crippen molar-refractivity contribution in [2.45, 2.75) is 43.9 Å². The van der Waals surface area contributed by atoms with Gasteiger partial charge in [0.15, 0.2) is 0 Å². The van der Waals surface area contributed by atoms with Gasteiger partial charge in [0.05, 0.1) is 18.0 Å². The fraction of sp³-hybridized carbons (Fsp3) is 0.583. The molecule has 1 aromatic rings. The van der Waals surface area contributed by atoms with Crippen LogP contribution in [0.25, 0.3) is 0 Å². The lowest BCUT2D eigenvalue weighted by Crippen LogP contribution is -2.45. The third kappa shape index (κ3) is 1.53. The molecule has 0 amide bonds. The van der Waals surface area contributed by atoms with Crippen molar-refractivity contribution in [1.29, 1.82) is 0 Å². The predicted molar refractivity (Wildman–Crippen MR) is 63.2 cm³/mol. The molecule has 4 nitrogen and oxygen atoms in total. The average molecular weight is 219 g/mol. The summed E-state index contributed by atoms with van der Waals surface area (Å²) in [5, 5.41) is 9.73. The number of nitrogens with two attached hydrogens (primary N) is 1. The molecule has 2 saturated heterocycles. The molecule has 2 aliphatic heterocycles. The van der Waals surface area contributed by atoms with Crippen LogP contribution in [-0.4, -0.2) is 28.3 Å². The Bertz CT molecular complexity index is 364. The van der Waals surface area contributed by atoms with E-state index >= 15 is 0 Å². The number of piperidine rings is 1. The van der Waals surface area contributed by atoms with Crippen LogP contribution in [0.1, 0.15) is 25.7 Å². The third-order valence-corrected chi connectivity index (χ3v) is 3.74. The van der Waals surface area contributed by atoms with Crippen molar-refractivity contribution in [2.24, 2.45) is 0 Å². The van der Waals surface area contributed by atoms with Crippen LogP contribution >= 0.6 is 0 Å². The summed E-state index contributed by atoms with van der Waals surface area (Å²) < 4.78 is 0. The lowest BCUT2D eigenvalue weighted by atomic mass is 10.00. The summed E-state index contributed by atoms with van der Waals surface area (Å²) in [4.78, 5) is 6.75. The second-order valence-corrected chi connectivity index (χ2v) is 4.87. The first-order valence-corrected chi connectivity index (χ1v) is 5.92. The van der Waals surface area contributed by atoms with Crippen molar-refractivity contribution in [3.8, 4) is 0 Å². The Balaban J connectivity index is 1.88. The largest absolute Gasteiger partial charge is 0.397 e. The Morgan fingerprint density at radius 3 is 2.50 bits per heavy atom. The number of pyridine rings is 1. The van der Waals surface area contributed by atoms with Crippen LogP contribution < -0.4 is 10.6 Å². The maximum absolute atomic E-state index is 9.73. The van der Waals surface area contributed by atoms with Crippen molar-refractivity contribution in [1.82, 2.24) is 4.98 Å². The molecule has 3 N–H and O–H groups in total. The number of anilines is 2. The Kier molecular flexibility index (Phi) is 2.24. The average Bonchev–Trinajstić information content (AvgIpc) is 2.54. The van der Waals surface area contributed by atoms with Crippen LogP contribution in [0.2, 0.25) is 0 Å². The molecule has 0 aromatic carbocycles. The summed E-state index contributed by atoms with van der Waals surface area (Å²) in [6.07, 6.45) is 5.69. The molecule has 3 rings (SSSR count). The first-order chi connectivity index (χ1) is 7.74. The normalized spacial score (nSPS) is 33.1. The number of fused-ring (bicyclic) bond motifs is 2. The van der Waals surface area contributed by atoms with Crippen molar-refractivity contribution < 1.29 is 5.11 Å². The molecule has 1 aromatic heterocycles. The summed E-state index contributed by atoms with van der Waals surface area (Å²) in [6.45, 7) is 0. The molecule has 2 aliphatic rings. The van der Waals surface area contributed by atoms with Crippen molar-refractivity contribution >= 4 is 11.5 Å². The van der Waals surface area contributed by atoms with Crippen molar-refractivity contribution in [2.75, 3.05) is 10.6 Å². The van der Waals surface area contributed by atoms with Gasteiger partial charge in [0.1, 0.15) is 5.82 Å². The number of aliphatic hydroxyl groups is 1. The highest BCUT2D eigenvalue weighted by Crippen LogP contribution is 2.38. The highest BCUT2D eigenvalue weighted by atomic mass is 16.3. The lowest BCUT2D eigenvalue weighted by Gasteiger charge is -2.38. The van der Waals surface area contributed by atoms with E-state index in [0.717, 1.165) is 18.7 Å². The maximum atomic E-state index is 9.73. The maximum Gasteiger partial charge on any atom is 0.129 e. The van der Waals surface area contributed by atoms with Crippen LogP contribution in [0, 0.1) is 0 Å². The van der Waals surface area contributed by atoms with Gasteiger partial charge in [-0.05, 0) is 37.8 Å². The van der Waals surface area contributed by atoms with Gasteiger partial charge in [0, 0.05) is 12.1 Å².